The van der Waals surface area contributed by atoms with Gasteiger partial charge in [-0.25, -0.2) is 0 Å². The summed E-state index contributed by atoms with van der Waals surface area (Å²) in [6.07, 6.45) is 6.88. The van der Waals surface area contributed by atoms with Crippen LogP contribution in [0.4, 0.5) is 0 Å². The molecule has 0 bridgehead atoms. The van der Waals surface area contributed by atoms with Crippen LogP contribution >= 0.6 is 0 Å². The lowest BCUT2D eigenvalue weighted by Crippen LogP contribution is -2.36. The molecule has 1 aliphatic heterocycles. The van der Waals surface area contributed by atoms with E-state index in [9.17, 15) is 4.79 Å². The first-order valence-electron chi connectivity index (χ1n) is 8.36. The third-order valence-corrected chi connectivity index (χ3v) is 4.13. The van der Waals surface area contributed by atoms with Gasteiger partial charge in [0.1, 0.15) is 0 Å². The number of hydrogen-bond acceptors (Lipinski definition) is 3. The molecule has 2 rings (SSSR count). The van der Waals surface area contributed by atoms with E-state index in [1.165, 1.54) is 32.0 Å². The van der Waals surface area contributed by atoms with Gasteiger partial charge in [-0.05, 0) is 62.0 Å². The zero-order valence-corrected chi connectivity index (χ0v) is 13.8. The van der Waals surface area contributed by atoms with Gasteiger partial charge in [0.15, 0.2) is 0 Å². The summed E-state index contributed by atoms with van der Waals surface area (Å²) in [5, 5.41) is 11.8. The Bertz CT molecular complexity index is 589. The van der Waals surface area contributed by atoms with E-state index in [1.807, 2.05) is 12.1 Å². The summed E-state index contributed by atoms with van der Waals surface area (Å²) in [5.74, 6) is 0.713. The van der Waals surface area contributed by atoms with Gasteiger partial charge in [0.05, 0.1) is 11.6 Å². The summed E-state index contributed by atoms with van der Waals surface area (Å²) in [6, 6.07) is 9.30. The van der Waals surface area contributed by atoms with Crippen molar-refractivity contribution >= 4 is 12.0 Å². The normalized spacial score (nSPS) is 18.7. The van der Waals surface area contributed by atoms with E-state index >= 15 is 0 Å². The van der Waals surface area contributed by atoms with E-state index in [-0.39, 0.29) is 5.91 Å². The van der Waals surface area contributed by atoms with Crippen LogP contribution in [0.25, 0.3) is 6.08 Å². The fraction of sp³-hybridized carbons (Fsp3) is 0.474. The Balaban J connectivity index is 1.66. The number of hydrogen-bond donors (Lipinski definition) is 1. The molecule has 1 aliphatic rings. The van der Waals surface area contributed by atoms with Crippen LogP contribution < -0.4 is 5.32 Å². The third kappa shape index (κ3) is 6.25. The highest BCUT2D eigenvalue weighted by atomic mass is 16.1. The number of amides is 1. The molecule has 23 heavy (non-hydrogen) atoms. The molecule has 1 atom stereocenters. The van der Waals surface area contributed by atoms with Crippen molar-refractivity contribution in [3.8, 4) is 6.07 Å². The standard InChI is InChI=1S/C19H25N3O/c1-16-5-3-11-22(15-16)12-4-10-21-19(23)9-8-17-6-2-7-18(13-17)14-20/h2,6-9,13,16H,3-5,10-12,15H2,1H3,(H,21,23)/b9-8+. The summed E-state index contributed by atoms with van der Waals surface area (Å²) in [5.41, 5.74) is 1.46. The number of nitriles is 1. The van der Waals surface area contributed by atoms with E-state index in [0.29, 0.717) is 12.1 Å². The van der Waals surface area contributed by atoms with Gasteiger partial charge in [0, 0.05) is 19.2 Å². The van der Waals surface area contributed by atoms with Crippen LogP contribution in [0.3, 0.4) is 0 Å². The van der Waals surface area contributed by atoms with E-state index in [0.717, 1.165) is 24.4 Å². The average molecular weight is 311 g/mol. The SMILES string of the molecule is CC1CCCN(CCCNC(=O)/C=C/c2cccc(C#N)c2)C1. The van der Waals surface area contributed by atoms with Gasteiger partial charge in [-0.2, -0.15) is 5.26 Å². The Morgan fingerprint density at radius 2 is 2.39 bits per heavy atom. The predicted octanol–water partition coefficient (Wildman–Crippen LogP) is 2.81. The lowest BCUT2D eigenvalue weighted by Gasteiger charge is -2.30. The van der Waals surface area contributed by atoms with Gasteiger partial charge < -0.3 is 10.2 Å². The summed E-state index contributed by atoms with van der Waals surface area (Å²) < 4.78 is 0. The molecule has 1 unspecified atom stereocenters. The Hall–Kier alpha value is -2.12. The van der Waals surface area contributed by atoms with Gasteiger partial charge in [-0.1, -0.05) is 19.1 Å². The molecule has 0 saturated carbocycles. The number of carbonyl (C=O) groups is 1. The van der Waals surface area contributed by atoms with E-state index in [4.69, 9.17) is 5.26 Å². The fourth-order valence-corrected chi connectivity index (χ4v) is 2.95. The van der Waals surface area contributed by atoms with Crippen molar-refractivity contribution in [3.05, 3.63) is 41.5 Å². The topological polar surface area (TPSA) is 56.1 Å². The maximum atomic E-state index is 11.8. The minimum Gasteiger partial charge on any atom is -0.353 e. The Morgan fingerprint density at radius 1 is 1.52 bits per heavy atom. The lowest BCUT2D eigenvalue weighted by atomic mass is 10.0. The molecule has 0 spiro atoms. The first-order valence-corrected chi connectivity index (χ1v) is 8.36. The van der Waals surface area contributed by atoms with Crippen molar-refractivity contribution in [2.45, 2.75) is 26.2 Å². The number of piperidine rings is 1. The molecular weight excluding hydrogens is 286 g/mol. The zero-order chi connectivity index (χ0) is 16.5. The number of nitrogens with zero attached hydrogens (tertiary/aromatic N) is 2. The monoisotopic (exact) mass is 311 g/mol. The molecule has 0 aliphatic carbocycles. The molecular formula is C19H25N3O. The molecule has 1 saturated heterocycles. The summed E-state index contributed by atoms with van der Waals surface area (Å²) in [6.45, 7) is 6.43. The quantitative estimate of drug-likeness (QED) is 0.649. The van der Waals surface area contributed by atoms with Crippen molar-refractivity contribution in [3.63, 3.8) is 0 Å². The van der Waals surface area contributed by atoms with Crippen molar-refractivity contribution in [1.29, 1.82) is 5.26 Å². The van der Waals surface area contributed by atoms with Crippen LogP contribution in [0, 0.1) is 17.2 Å². The molecule has 1 amide bonds. The summed E-state index contributed by atoms with van der Waals surface area (Å²) in [4.78, 5) is 14.3. The highest BCUT2D eigenvalue weighted by Crippen LogP contribution is 2.15. The van der Waals surface area contributed by atoms with Crippen molar-refractivity contribution in [2.75, 3.05) is 26.2 Å². The van der Waals surface area contributed by atoms with Crippen molar-refractivity contribution in [2.24, 2.45) is 5.92 Å². The maximum absolute atomic E-state index is 11.8. The molecule has 1 aromatic carbocycles. The summed E-state index contributed by atoms with van der Waals surface area (Å²) in [7, 11) is 0. The molecule has 1 heterocycles. The van der Waals surface area contributed by atoms with Gasteiger partial charge >= 0.3 is 0 Å². The molecule has 1 N–H and O–H groups in total. The smallest absolute Gasteiger partial charge is 0.243 e. The van der Waals surface area contributed by atoms with Crippen molar-refractivity contribution < 1.29 is 4.79 Å². The Labute approximate surface area is 138 Å². The van der Waals surface area contributed by atoms with Crippen LogP contribution in [0.5, 0.6) is 0 Å². The largest absolute Gasteiger partial charge is 0.353 e. The minimum absolute atomic E-state index is 0.0839. The van der Waals surface area contributed by atoms with Crippen LogP contribution in [0.15, 0.2) is 30.3 Å². The second-order valence-corrected chi connectivity index (χ2v) is 6.26. The number of rotatable bonds is 6. The van der Waals surface area contributed by atoms with E-state index in [2.05, 4.69) is 23.2 Å². The molecule has 122 valence electrons. The van der Waals surface area contributed by atoms with Crippen LogP contribution in [0.1, 0.15) is 37.3 Å². The van der Waals surface area contributed by atoms with Crippen LogP contribution in [-0.4, -0.2) is 37.0 Å². The Morgan fingerprint density at radius 3 is 3.17 bits per heavy atom. The first kappa shape index (κ1) is 17.2. The fourth-order valence-electron chi connectivity index (χ4n) is 2.95. The van der Waals surface area contributed by atoms with Gasteiger partial charge in [0.2, 0.25) is 5.91 Å². The number of likely N-dealkylation sites (tertiary alicyclic amines) is 1. The van der Waals surface area contributed by atoms with Crippen LogP contribution in [0.2, 0.25) is 0 Å². The molecule has 0 aromatic heterocycles. The molecule has 4 heteroatoms. The lowest BCUT2D eigenvalue weighted by molar-refractivity contribution is -0.116. The molecule has 0 radical (unpaired) electrons. The highest BCUT2D eigenvalue weighted by Gasteiger charge is 2.15. The molecule has 1 fully saturated rings. The second-order valence-electron chi connectivity index (χ2n) is 6.26. The van der Waals surface area contributed by atoms with Gasteiger partial charge in [-0.15, -0.1) is 0 Å². The third-order valence-electron chi connectivity index (χ3n) is 4.13. The Kier molecular flexibility index (Phi) is 6.83. The number of benzene rings is 1. The second kappa shape index (κ2) is 9.12. The van der Waals surface area contributed by atoms with Crippen LogP contribution in [-0.2, 0) is 4.79 Å². The highest BCUT2D eigenvalue weighted by molar-refractivity contribution is 5.91. The van der Waals surface area contributed by atoms with E-state index in [1.54, 1.807) is 18.2 Å². The predicted molar refractivity (Wildman–Crippen MR) is 92.7 cm³/mol. The molecule has 1 aromatic rings. The van der Waals surface area contributed by atoms with Gasteiger partial charge in [-0.3, -0.25) is 4.79 Å². The minimum atomic E-state index is -0.0839. The number of nitrogens with one attached hydrogen (secondary N) is 1. The average Bonchev–Trinajstić information content (AvgIpc) is 2.57. The zero-order valence-electron chi connectivity index (χ0n) is 13.8. The number of carbonyl (C=O) groups excluding carboxylic acids is 1. The van der Waals surface area contributed by atoms with Gasteiger partial charge in [0.25, 0.3) is 0 Å². The van der Waals surface area contributed by atoms with Crippen molar-refractivity contribution in [1.82, 2.24) is 10.2 Å². The first-order chi connectivity index (χ1) is 11.2. The molecule has 4 nitrogen and oxygen atoms in total. The summed E-state index contributed by atoms with van der Waals surface area (Å²) >= 11 is 0. The maximum Gasteiger partial charge on any atom is 0.243 e. The van der Waals surface area contributed by atoms with E-state index < -0.39 is 0 Å².